The molecule has 1 N–H and O–H groups in total. The Kier molecular flexibility index (Phi) is 4.32. The van der Waals surface area contributed by atoms with Gasteiger partial charge in [-0.2, -0.15) is 5.26 Å². The van der Waals surface area contributed by atoms with Crippen molar-refractivity contribution in [2.75, 3.05) is 25.5 Å². The number of fused-ring (bicyclic) bond motifs is 3. The van der Waals surface area contributed by atoms with Gasteiger partial charge in [-0.3, -0.25) is 4.40 Å². The van der Waals surface area contributed by atoms with E-state index in [4.69, 9.17) is 4.74 Å². The first kappa shape index (κ1) is 17.2. The molecule has 2 aromatic heterocycles. The van der Waals surface area contributed by atoms with Crippen molar-refractivity contribution in [3.8, 4) is 6.07 Å². The second-order valence-electron chi connectivity index (χ2n) is 6.83. The van der Waals surface area contributed by atoms with E-state index in [1.165, 1.54) is 7.11 Å². The molecular weight excluding hydrogens is 342 g/mol. The molecule has 1 amide bonds. The monoisotopic (exact) mass is 363 g/mol. The highest BCUT2D eigenvalue weighted by Crippen LogP contribution is 2.28. The number of pyridine rings is 1. The minimum Gasteiger partial charge on any atom is -0.453 e. The Bertz CT molecular complexity index is 1060. The maximum Gasteiger partial charge on any atom is 0.409 e. The summed E-state index contributed by atoms with van der Waals surface area (Å²) < 4.78 is 6.82. The van der Waals surface area contributed by atoms with Crippen LogP contribution < -0.4 is 5.32 Å². The molecule has 138 valence electrons. The van der Waals surface area contributed by atoms with E-state index in [0.717, 1.165) is 35.3 Å². The largest absolute Gasteiger partial charge is 0.453 e. The third kappa shape index (κ3) is 2.93. The lowest BCUT2D eigenvalue weighted by atomic mass is 10.1. The molecule has 3 heterocycles. The number of nitrogens with one attached hydrogen (secondary N) is 1. The summed E-state index contributed by atoms with van der Waals surface area (Å²) in [6.45, 7) is 3.25. The van der Waals surface area contributed by atoms with Crippen LogP contribution in [-0.2, 0) is 4.74 Å². The molecular formula is C20H21N5O2. The predicted octanol–water partition coefficient (Wildman–Crippen LogP) is 3.31. The average Bonchev–Trinajstić information content (AvgIpc) is 3.07. The van der Waals surface area contributed by atoms with Gasteiger partial charge in [-0.05, 0) is 43.5 Å². The van der Waals surface area contributed by atoms with Gasteiger partial charge in [-0.1, -0.05) is 12.1 Å². The van der Waals surface area contributed by atoms with Crippen molar-refractivity contribution in [2.45, 2.75) is 25.8 Å². The summed E-state index contributed by atoms with van der Waals surface area (Å²) in [5.41, 5.74) is 4.00. The van der Waals surface area contributed by atoms with Gasteiger partial charge in [-0.15, -0.1) is 0 Å². The number of rotatable bonds is 2. The lowest BCUT2D eigenvalue weighted by Crippen LogP contribution is -2.42. The first-order chi connectivity index (χ1) is 13.1. The van der Waals surface area contributed by atoms with Crippen LogP contribution in [0.4, 0.5) is 10.6 Å². The molecule has 0 radical (unpaired) electrons. The summed E-state index contributed by atoms with van der Waals surface area (Å²) in [6, 6.07) is 12.4. The van der Waals surface area contributed by atoms with Crippen LogP contribution in [0.1, 0.15) is 24.0 Å². The molecule has 4 rings (SSSR count). The number of nitriles is 1. The van der Waals surface area contributed by atoms with Crippen LogP contribution in [0.5, 0.6) is 0 Å². The van der Waals surface area contributed by atoms with Gasteiger partial charge in [-0.25, -0.2) is 9.78 Å². The summed E-state index contributed by atoms with van der Waals surface area (Å²) in [7, 11) is 1.41. The van der Waals surface area contributed by atoms with Gasteiger partial charge >= 0.3 is 6.09 Å². The minimum absolute atomic E-state index is 0.239. The van der Waals surface area contributed by atoms with Crippen LogP contribution >= 0.6 is 0 Å². The van der Waals surface area contributed by atoms with E-state index in [0.29, 0.717) is 24.3 Å². The number of hydrogen-bond donors (Lipinski definition) is 1. The van der Waals surface area contributed by atoms with Crippen molar-refractivity contribution in [1.82, 2.24) is 14.3 Å². The number of imidazole rings is 1. The number of amides is 1. The third-order valence-electron chi connectivity index (χ3n) is 5.16. The fourth-order valence-electron chi connectivity index (χ4n) is 3.74. The number of piperidine rings is 1. The van der Waals surface area contributed by atoms with Crippen LogP contribution in [0.15, 0.2) is 30.3 Å². The highest BCUT2D eigenvalue weighted by Gasteiger charge is 2.24. The summed E-state index contributed by atoms with van der Waals surface area (Å²) >= 11 is 0. The molecule has 27 heavy (non-hydrogen) atoms. The maximum absolute atomic E-state index is 11.7. The Morgan fingerprint density at radius 3 is 2.78 bits per heavy atom. The molecule has 0 atom stereocenters. The number of benzene rings is 1. The van der Waals surface area contributed by atoms with E-state index in [2.05, 4.69) is 16.4 Å². The molecule has 0 aliphatic carbocycles. The van der Waals surface area contributed by atoms with Crippen molar-refractivity contribution in [3.63, 3.8) is 0 Å². The SMILES string of the molecule is COC(=O)N1CCC(Nc2cc(C)c(C#N)c3nc4ccccc4n23)CC1. The molecule has 7 nitrogen and oxygen atoms in total. The van der Waals surface area contributed by atoms with Gasteiger partial charge in [0, 0.05) is 19.1 Å². The van der Waals surface area contributed by atoms with Gasteiger partial charge in [0.15, 0.2) is 5.65 Å². The van der Waals surface area contributed by atoms with Crippen LogP contribution in [-0.4, -0.2) is 46.6 Å². The van der Waals surface area contributed by atoms with Gasteiger partial charge in [0.2, 0.25) is 0 Å². The number of carbonyl (C=O) groups is 1. The summed E-state index contributed by atoms with van der Waals surface area (Å²) in [6.07, 6.45) is 1.40. The Morgan fingerprint density at radius 2 is 2.07 bits per heavy atom. The molecule has 0 bridgehead atoms. The topological polar surface area (TPSA) is 82.7 Å². The highest BCUT2D eigenvalue weighted by molar-refractivity contribution is 5.85. The number of aryl methyl sites for hydroxylation is 1. The van der Waals surface area contributed by atoms with Crippen LogP contribution in [0, 0.1) is 18.3 Å². The maximum atomic E-state index is 11.7. The Balaban J connectivity index is 1.70. The zero-order chi connectivity index (χ0) is 19.0. The highest BCUT2D eigenvalue weighted by atomic mass is 16.5. The smallest absolute Gasteiger partial charge is 0.409 e. The number of carbonyl (C=O) groups excluding carboxylic acids is 1. The number of aromatic nitrogens is 2. The molecule has 1 aliphatic rings. The summed E-state index contributed by atoms with van der Waals surface area (Å²) in [5, 5.41) is 13.2. The Morgan fingerprint density at radius 1 is 1.33 bits per heavy atom. The number of methoxy groups -OCH3 is 1. The lowest BCUT2D eigenvalue weighted by molar-refractivity contribution is 0.113. The van der Waals surface area contributed by atoms with Gasteiger partial charge < -0.3 is 15.0 Å². The van der Waals surface area contributed by atoms with E-state index >= 15 is 0 Å². The second kappa shape index (κ2) is 6.80. The molecule has 1 saturated heterocycles. The zero-order valence-corrected chi connectivity index (χ0v) is 15.4. The molecule has 0 unspecified atom stereocenters. The normalized spacial score (nSPS) is 15.1. The first-order valence-corrected chi connectivity index (χ1v) is 9.02. The fraction of sp³-hybridized carbons (Fsp3) is 0.350. The van der Waals surface area contributed by atoms with Gasteiger partial charge in [0.25, 0.3) is 0 Å². The lowest BCUT2D eigenvalue weighted by Gasteiger charge is -2.32. The van der Waals surface area contributed by atoms with E-state index in [9.17, 15) is 10.1 Å². The van der Waals surface area contributed by atoms with E-state index in [-0.39, 0.29) is 12.1 Å². The van der Waals surface area contributed by atoms with E-state index < -0.39 is 0 Å². The molecule has 1 fully saturated rings. The van der Waals surface area contributed by atoms with Crippen molar-refractivity contribution in [2.24, 2.45) is 0 Å². The zero-order valence-electron chi connectivity index (χ0n) is 15.4. The molecule has 0 saturated carbocycles. The predicted molar refractivity (Wildman–Crippen MR) is 103 cm³/mol. The van der Waals surface area contributed by atoms with Crippen molar-refractivity contribution in [1.29, 1.82) is 5.26 Å². The van der Waals surface area contributed by atoms with Gasteiger partial charge in [0.05, 0.1) is 23.7 Å². The number of ether oxygens (including phenoxy) is 1. The number of para-hydroxylation sites is 2. The van der Waals surface area contributed by atoms with Crippen LogP contribution in [0.2, 0.25) is 0 Å². The van der Waals surface area contributed by atoms with Gasteiger partial charge in [0.1, 0.15) is 11.9 Å². The standard InChI is InChI=1S/C20H21N5O2/c1-13-11-18(22-14-7-9-24(10-8-14)20(26)27-2)25-17-6-4-3-5-16(17)23-19(25)15(13)12-21/h3-6,11,14,22H,7-10H2,1-2H3. The molecule has 1 aromatic carbocycles. The Labute approximate surface area is 157 Å². The second-order valence-corrected chi connectivity index (χ2v) is 6.83. The average molecular weight is 363 g/mol. The number of hydrogen-bond acceptors (Lipinski definition) is 5. The van der Waals surface area contributed by atoms with Crippen LogP contribution in [0.25, 0.3) is 16.7 Å². The summed E-state index contributed by atoms with van der Waals surface area (Å²) in [5.74, 6) is 0.923. The van der Waals surface area contributed by atoms with E-state index in [1.807, 2.05) is 41.7 Å². The van der Waals surface area contributed by atoms with Crippen molar-refractivity contribution in [3.05, 3.63) is 41.5 Å². The Hall–Kier alpha value is -3.27. The quantitative estimate of drug-likeness (QED) is 0.755. The molecule has 0 spiro atoms. The minimum atomic E-state index is -0.273. The summed E-state index contributed by atoms with van der Waals surface area (Å²) in [4.78, 5) is 18.1. The van der Waals surface area contributed by atoms with Crippen molar-refractivity contribution < 1.29 is 9.53 Å². The van der Waals surface area contributed by atoms with Crippen molar-refractivity contribution >= 4 is 28.6 Å². The fourth-order valence-corrected chi connectivity index (χ4v) is 3.74. The number of nitrogens with zero attached hydrogens (tertiary/aromatic N) is 4. The van der Waals surface area contributed by atoms with E-state index in [1.54, 1.807) is 4.90 Å². The number of anilines is 1. The molecule has 1 aliphatic heterocycles. The first-order valence-electron chi connectivity index (χ1n) is 9.02. The molecule has 7 heteroatoms. The third-order valence-corrected chi connectivity index (χ3v) is 5.16. The molecule has 3 aromatic rings. The van der Waals surface area contributed by atoms with Crippen LogP contribution in [0.3, 0.4) is 0 Å². The number of likely N-dealkylation sites (tertiary alicyclic amines) is 1.